The van der Waals surface area contributed by atoms with Crippen LogP contribution in [0.25, 0.3) is 10.9 Å². The van der Waals surface area contributed by atoms with Crippen molar-refractivity contribution in [2.45, 2.75) is 12.1 Å². The van der Waals surface area contributed by atoms with E-state index >= 15 is 0 Å². The van der Waals surface area contributed by atoms with Gasteiger partial charge in [0.05, 0.1) is 28.5 Å². The van der Waals surface area contributed by atoms with Gasteiger partial charge in [0.1, 0.15) is 0 Å². The monoisotopic (exact) mass is 421 g/mol. The minimum atomic E-state index is -5.87. The van der Waals surface area contributed by atoms with Crippen LogP contribution in [0, 0.1) is 11.3 Å². The molecule has 14 heteroatoms. The maximum atomic E-state index is 14.1. The summed E-state index contributed by atoms with van der Waals surface area (Å²) in [6, 6.07) is 3.18. The summed E-state index contributed by atoms with van der Waals surface area (Å²) in [4.78, 5) is 25.6. The highest BCUT2D eigenvalue weighted by Crippen LogP contribution is 2.60. The number of alkyl halides is 2. The highest BCUT2D eigenvalue weighted by Gasteiger charge is 2.52. The lowest BCUT2D eigenvalue weighted by molar-refractivity contribution is 0.0563. The van der Waals surface area contributed by atoms with Gasteiger partial charge in [-0.05, 0) is 18.6 Å². The Hall–Kier alpha value is -2.23. The zero-order valence-electron chi connectivity index (χ0n) is 13.5. The molecule has 1 aromatic carbocycles. The fraction of sp³-hybridized carbons (Fsp3) is 0.308. The Kier molecular flexibility index (Phi) is 5.79. The molecule has 0 fully saturated rings. The van der Waals surface area contributed by atoms with Crippen molar-refractivity contribution >= 4 is 34.5 Å². The number of nitrogens with one attached hydrogen (secondary N) is 1. The zero-order chi connectivity index (χ0) is 20.5. The fourth-order valence-electron chi connectivity index (χ4n) is 2.14. The Bertz CT molecular complexity index is 1070. The fourth-order valence-corrected chi connectivity index (χ4v) is 3.18. The number of nitrogens with two attached hydrogens (primary N) is 1. The molecule has 10 nitrogen and oxygen atoms in total. The molecule has 0 spiro atoms. The summed E-state index contributed by atoms with van der Waals surface area (Å²) in [6.07, 6.45) is 1.37. The first-order valence-electron chi connectivity index (χ1n) is 7.24. The van der Waals surface area contributed by atoms with Gasteiger partial charge in [-0.1, -0.05) is 0 Å². The van der Waals surface area contributed by atoms with Gasteiger partial charge in [-0.3, -0.25) is 4.57 Å². The van der Waals surface area contributed by atoms with Crippen LogP contribution in [0.3, 0.4) is 0 Å². The van der Waals surface area contributed by atoms with E-state index in [4.69, 9.17) is 20.2 Å². The molecule has 0 amide bonds. The molecule has 2 aromatic rings. The number of sulfonamides is 1. The molecule has 2 rings (SSSR count). The van der Waals surface area contributed by atoms with Crippen LogP contribution in [-0.2, 0) is 20.3 Å². The average Bonchev–Trinajstić information content (AvgIpc) is 2.55. The Morgan fingerprint density at radius 2 is 2.04 bits per heavy atom. The van der Waals surface area contributed by atoms with Gasteiger partial charge in [-0.25, -0.2) is 23.5 Å². The van der Waals surface area contributed by atoms with Gasteiger partial charge in [0.25, 0.3) is 0 Å². The van der Waals surface area contributed by atoms with Gasteiger partial charge < -0.3 is 15.1 Å². The standard InChI is InChI=1S/C13H14F2N5O5PS/c14-13(15,26(21,22)23)10-5-11-9(4-8(10)6-16)7-19-12(20-11)18-2-1-3-27(17,24)25/h4-5,7H,1-3H2,(H2,17,24,25)(H,18,19,20)(H2,21,22,23). The third kappa shape index (κ3) is 4.94. The van der Waals surface area contributed by atoms with E-state index in [0.717, 1.165) is 6.07 Å². The predicted octanol–water partition coefficient (Wildman–Crippen LogP) is 0.819. The van der Waals surface area contributed by atoms with Crippen molar-refractivity contribution in [2.75, 3.05) is 17.6 Å². The average molecular weight is 421 g/mol. The molecule has 1 heterocycles. The van der Waals surface area contributed by atoms with E-state index in [1.807, 2.05) is 0 Å². The van der Waals surface area contributed by atoms with Crippen molar-refractivity contribution in [3.63, 3.8) is 0 Å². The minimum Gasteiger partial charge on any atom is -0.354 e. The number of benzene rings is 1. The Morgan fingerprint density at radius 1 is 1.37 bits per heavy atom. The normalized spacial score (nSPS) is 12.7. The topological polar surface area (TPSA) is 179 Å². The quantitative estimate of drug-likeness (QED) is 0.372. The minimum absolute atomic E-state index is 0.0212. The number of halogens is 2. The van der Waals surface area contributed by atoms with E-state index < -0.39 is 34.4 Å². The summed E-state index contributed by atoms with van der Waals surface area (Å²) in [5.41, 5.74) is -6.42. The summed E-state index contributed by atoms with van der Waals surface area (Å²) in [5, 5.41) is 16.8. The van der Waals surface area contributed by atoms with Crippen LogP contribution < -0.4 is 10.5 Å². The number of hydrogen-bond acceptors (Lipinski definition) is 7. The van der Waals surface area contributed by atoms with E-state index in [-0.39, 0.29) is 35.6 Å². The van der Waals surface area contributed by atoms with Gasteiger partial charge in [0, 0.05) is 18.1 Å². The SMILES string of the molecule is N#Cc1cc2cnc(NCCCS(N)(=O)=O)nc2cc1C(F)(F)P(=O)(O)O. The highest BCUT2D eigenvalue weighted by atomic mass is 32.2. The lowest BCUT2D eigenvalue weighted by atomic mass is 10.1. The summed E-state index contributed by atoms with van der Waals surface area (Å²) in [6.45, 7) is 0.129. The number of nitriles is 1. The molecule has 0 saturated carbocycles. The molecule has 0 aliphatic rings. The largest absolute Gasteiger partial charge is 0.399 e. The van der Waals surface area contributed by atoms with E-state index in [1.165, 1.54) is 12.3 Å². The third-order valence-electron chi connectivity index (χ3n) is 3.42. The third-order valence-corrected chi connectivity index (χ3v) is 5.25. The first-order chi connectivity index (χ1) is 12.3. The van der Waals surface area contributed by atoms with Crippen molar-refractivity contribution < 1.29 is 31.6 Å². The number of anilines is 1. The van der Waals surface area contributed by atoms with Crippen molar-refractivity contribution in [2.24, 2.45) is 5.14 Å². The number of hydrogen-bond donors (Lipinski definition) is 4. The van der Waals surface area contributed by atoms with Crippen molar-refractivity contribution in [3.8, 4) is 6.07 Å². The number of aromatic nitrogens is 2. The molecule has 5 N–H and O–H groups in total. The second-order valence-electron chi connectivity index (χ2n) is 5.49. The molecule has 146 valence electrons. The second kappa shape index (κ2) is 7.41. The van der Waals surface area contributed by atoms with E-state index in [0.29, 0.717) is 6.07 Å². The van der Waals surface area contributed by atoms with Crippen LogP contribution in [-0.4, -0.2) is 40.5 Å². The molecular formula is C13H14F2N5O5PS. The second-order valence-corrected chi connectivity index (χ2v) is 8.88. The molecular weight excluding hydrogens is 407 g/mol. The number of rotatable bonds is 7. The van der Waals surface area contributed by atoms with Crippen LogP contribution in [0.2, 0.25) is 0 Å². The summed E-state index contributed by atoms with van der Waals surface area (Å²) >= 11 is 0. The first-order valence-corrected chi connectivity index (χ1v) is 10.6. The molecule has 0 unspecified atom stereocenters. The van der Waals surface area contributed by atoms with Crippen molar-refractivity contribution in [3.05, 3.63) is 29.5 Å². The molecule has 0 bridgehead atoms. The maximum absolute atomic E-state index is 14.1. The summed E-state index contributed by atoms with van der Waals surface area (Å²) in [7, 11) is -9.50. The number of nitrogens with zero attached hydrogens (tertiary/aromatic N) is 3. The Labute approximate surface area is 152 Å². The lowest BCUT2D eigenvalue weighted by Crippen LogP contribution is -2.19. The molecule has 0 atom stereocenters. The first kappa shape index (κ1) is 21.1. The molecule has 1 aromatic heterocycles. The molecule has 27 heavy (non-hydrogen) atoms. The zero-order valence-corrected chi connectivity index (χ0v) is 15.2. The van der Waals surface area contributed by atoms with Gasteiger partial charge >= 0.3 is 13.3 Å². The number of primary sulfonamides is 1. The molecule has 0 saturated heterocycles. The lowest BCUT2D eigenvalue weighted by Gasteiger charge is -2.19. The van der Waals surface area contributed by atoms with Crippen LogP contribution >= 0.6 is 7.60 Å². The van der Waals surface area contributed by atoms with Crippen molar-refractivity contribution in [1.82, 2.24) is 9.97 Å². The molecule has 0 aliphatic heterocycles. The van der Waals surface area contributed by atoms with Crippen LogP contribution in [0.5, 0.6) is 0 Å². The summed E-state index contributed by atoms with van der Waals surface area (Å²) < 4.78 is 60.9. The van der Waals surface area contributed by atoms with Gasteiger partial charge in [-0.15, -0.1) is 0 Å². The predicted molar refractivity (Wildman–Crippen MR) is 91.3 cm³/mol. The Morgan fingerprint density at radius 3 is 2.59 bits per heavy atom. The smallest absolute Gasteiger partial charge is 0.354 e. The highest BCUT2D eigenvalue weighted by molar-refractivity contribution is 7.89. The van der Waals surface area contributed by atoms with E-state index in [1.54, 1.807) is 0 Å². The van der Waals surface area contributed by atoms with Crippen molar-refractivity contribution in [1.29, 1.82) is 5.26 Å². The van der Waals surface area contributed by atoms with Crippen LogP contribution in [0.4, 0.5) is 14.7 Å². The van der Waals surface area contributed by atoms with Crippen LogP contribution in [0.1, 0.15) is 17.5 Å². The van der Waals surface area contributed by atoms with Gasteiger partial charge in [-0.2, -0.15) is 14.0 Å². The molecule has 0 radical (unpaired) electrons. The molecule has 0 aliphatic carbocycles. The Balaban J connectivity index is 2.38. The van der Waals surface area contributed by atoms with Gasteiger partial charge in [0.15, 0.2) is 0 Å². The van der Waals surface area contributed by atoms with E-state index in [2.05, 4.69) is 15.3 Å². The number of fused-ring (bicyclic) bond motifs is 1. The summed E-state index contributed by atoms with van der Waals surface area (Å²) in [5.74, 6) is -0.301. The van der Waals surface area contributed by atoms with Gasteiger partial charge in [0.2, 0.25) is 16.0 Å². The maximum Gasteiger partial charge on any atom is 0.399 e. The van der Waals surface area contributed by atoms with Crippen LogP contribution in [0.15, 0.2) is 18.3 Å². The van der Waals surface area contributed by atoms with E-state index in [9.17, 15) is 21.8 Å².